The summed E-state index contributed by atoms with van der Waals surface area (Å²) in [5.41, 5.74) is 3.36. The number of likely N-dealkylation sites (N-methyl/N-ethyl adjacent to an activating group) is 1. The summed E-state index contributed by atoms with van der Waals surface area (Å²) >= 11 is 0. The van der Waals surface area contributed by atoms with Crippen LogP contribution in [0.15, 0.2) is 91.0 Å². The first-order chi connectivity index (χ1) is 12.7. The van der Waals surface area contributed by atoms with Crippen LogP contribution in [0.5, 0.6) is 0 Å². The molecule has 0 aromatic heterocycles. The number of carbonyl (C=O) groups is 1. The Labute approximate surface area is 155 Å². The Morgan fingerprint density at radius 1 is 0.808 bits per heavy atom. The fourth-order valence-corrected chi connectivity index (χ4v) is 3.05. The van der Waals surface area contributed by atoms with Gasteiger partial charge in [0.2, 0.25) is 5.91 Å². The van der Waals surface area contributed by atoms with Gasteiger partial charge in [-0.05, 0) is 23.7 Å². The van der Waals surface area contributed by atoms with E-state index in [-0.39, 0.29) is 11.9 Å². The molecule has 132 valence electrons. The molecule has 0 spiro atoms. The second kappa shape index (κ2) is 8.97. The van der Waals surface area contributed by atoms with Gasteiger partial charge in [-0.3, -0.25) is 9.69 Å². The van der Waals surface area contributed by atoms with Gasteiger partial charge in [0, 0.05) is 6.54 Å². The maximum Gasteiger partial charge on any atom is 0.234 e. The van der Waals surface area contributed by atoms with E-state index in [0.29, 0.717) is 6.54 Å². The van der Waals surface area contributed by atoms with Gasteiger partial charge in [-0.25, -0.2) is 0 Å². The van der Waals surface area contributed by atoms with Crippen molar-refractivity contribution >= 4 is 5.91 Å². The number of hydrogen-bond donors (Lipinski definition) is 1. The van der Waals surface area contributed by atoms with E-state index >= 15 is 0 Å². The Morgan fingerprint density at radius 3 is 1.77 bits per heavy atom. The molecule has 26 heavy (non-hydrogen) atoms. The van der Waals surface area contributed by atoms with Crippen molar-refractivity contribution in [1.29, 1.82) is 0 Å². The summed E-state index contributed by atoms with van der Waals surface area (Å²) in [6.07, 6.45) is 0. The van der Waals surface area contributed by atoms with Crippen LogP contribution in [0.3, 0.4) is 0 Å². The van der Waals surface area contributed by atoms with Crippen LogP contribution in [-0.4, -0.2) is 24.4 Å². The highest BCUT2D eigenvalue weighted by molar-refractivity contribution is 5.79. The number of benzene rings is 3. The summed E-state index contributed by atoms with van der Waals surface area (Å²) in [6.45, 7) is 1.10. The van der Waals surface area contributed by atoms with Crippen molar-refractivity contribution in [2.45, 2.75) is 12.6 Å². The molecule has 0 saturated heterocycles. The molecule has 0 atom stereocenters. The molecule has 3 heteroatoms. The number of carbonyl (C=O) groups excluding carboxylic acids is 1. The molecule has 3 nitrogen and oxygen atoms in total. The molecule has 0 aliphatic heterocycles. The molecule has 0 aliphatic carbocycles. The lowest BCUT2D eigenvalue weighted by molar-refractivity contribution is -0.122. The van der Waals surface area contributed by atoms with Gasteiger partial charge in [-0.2, -0.15) is 0 Å². The Bertz CT molecular complexity index is 764. The average Bonchev–Trinajstić information content (AvgIpc) is 2.68. The van der Waals surface area contributed by atoms with Gasteiger partial charge in [0.15, 0.2) is 0 Å². The summed E-state index contributed by atoms with van der Waals surface area (Å²) in [4.78, 5) is 14.7. The van der Waals surface area contributed by atoms with Gasteiger partial charge in [0.1, 0.15) is 0 Å². The van der Waals surface area contributed by atoms with Gasteiger partial charge >= 0.3 is 0 Å². The molecular weight excluding hydrogens is 320 g/mol. The average molecular weight is 344 g/mol. The van der Waals surface area contributed by atoms with Crippen molar-refractivity contribution in [2.75, 3.05) is 13.6 Å². The molecule has 0 heterocycles. The summed E-state index contributed by atoms with van der Waals surface area (Å²) in [5.74, 6) is 0.0149. The number of nitrogens with one attached hydrogen (secondary N) is 1. The number of hydrogen-bond acceptors (Lipinski definition) is 2. The molecular formula is C23H24N2O. The zero-order chi connectivity index (χ0) is 18.2. The van der Waals surface area contributed by atoms with E-state index in [4.69, 9.17) is 0 Å². The maximum absolute atomic E-state index is 12.6. The highest BCUT2D eigenvalue weighted by atomic mass is 16.2. The van der Waals surface area contributed by atoms with E-state index in [1.165, 1.54) is 5.56 Å². The van der Waals surface area contributed by atoms with Crippen molar-refractivity contribution < 1.29 is 4.79 Å². The number of amides is 1. The summed E-state index contributed by atoms with van der Waals surface area (Å²) in [5, 5.41) is 3.19. The van der Waals surface area contributed by atoms with Gasteiger partial charge in [0.05, 0.1) is 12.6 Å². The molecule has 0 unspecified atom stereocenters. The third-order valence-electron chi connectivity index (χ3n) is 4.28. The van der Waals surface area contributed by atoms with Crippen molar-refractivity contribution in [3.05, 3.63) is 108 Å². The van der Waals surface area contributed by atoms with Crippen LogP contribution in [0.1, 0.15) is 22.7 Å². The molecule has 0 radical (unpaired) electrons. The van der Waals surface area contributed by atoms with E-state index < -0.39 is 0 Å². The van der Waals surface area contributed by atoms with Crippen LogP contribution in [0.25, 0.3) is 0 Å². The highest BCUT2D eigenvalue weighted by Gasteiger charge is 2.17. The van der Waals surface area contributed by atoms with Gasteiger partial charge in [-0.1, -0.05) is 91.0 Å². The Balaban J connectivity index is 1.68. The zero-order valence-electron chi connectivity index (χ0n) is 15.0. The van der Waals surface area contributed by atoms with Crippen LogP contribution >= 0.6 is 0 Å². The van der Waals surface area contributed by atoms with E-state index in [0.717, 1.165) is 17.7 Å². The molecule has 3 rings (SSSR count). The fourth-order valence-electron chi connectivity index (χ4n) is 3.05. The normalized spacial score (nSPS) is 10.9. The van der Waals surface area contributed by atoms with Crippen LogP contribution in [-0.2, 0) is 11.3 Å². The van der Waals surface area contributed by atoms with Crippen LogP contribution < -0.4 is 5.32 Å². The van der Waals surface area contributed by atoms with E-state index in [1.807, 2.05) is 90.8 Å². The Morgan fingerprint density at radius 2 is 1.27 bits per heavy atom. The largest absolute Gasteiger partial charge is 0.344 e. The fraction of sp³-hybridized carbons (Fsp3) is 0.174. The van der Waals surface area contributed by atoms with Crippen molar-refractivity contribution in [3.8, 4) is 0 Å². The Kier molecular flexibility index (Phi) is 6.18. The quantitative estimate of drug-likeness (QED) is 0.702. The summed E-state index contributed by atoms with van der Waals surface area (Å²) in [7, 11) is 1.96. The van der Waals surface area contributed by atoms with E-state index in [1.54, 1.807) is 0 Å². The lowest BCUT2D eigenvalue weighted by Crippen LogP contribution is -2.37. The molecule has 1 amide bonds. The van der Waals surface area contributed by atoms with Crippen molar-refractivity contribution in [3.63, 3.8) is 0 Å². The van der Waals surface area contributed by atoms with Gasteiger partial charge in [-0.15, -0.1) is 0 Å². The minimum atomic E-state index is -0.143. The lowest BCUT2D eigenvalue weighted by atomic mass is 9.99. The van der Waals surface area contributed by atoms with Crippen molar-refractivity contribution in [2.24, 2.45) is 0 Å². The molecule has 3 aromatic carbocycles. The number of rotatable bonds is 7. The van der Waals surface area contributed by atoms with E-state index in [2.05, 4.69) is 17.4 Å². The molecule has 0 aliphatic rings. The second-order valence-corrected chi connectivity index (χ2v) is 6.48. The third kappa shape index (κ3) is 5.04. The minimum absolute atomic E-state index is 0.0149. The molecule has 0 saturated carbocycles. The first kappa shape index (κ1) is 17.9. The monoisotopic (exact) mass is 344 g/mol. The molecule has 3 aromatic rings. The highest BCUT2D eigenvalue weighted by Crippen LogP contribution is 2.21. The van der Waals surface area contributed by atoms with Crippen LogP contribution in [0.2, 0.25) is 0 Å². The van der Waals surface area contributed by atoms with Crippen LogP contribution in [0, 0.1) is 0 Å². The second-order valence-electron chi connectivity index (χ2n) is 6.48. The van der Waals surface area contributed by atoms with Crippen LogP contribution in [0.4, 0.5) is 0 Å². The molecule has 0 bridgehead atoms. The lowest BCUT2D eigenvalue weighted by Gasteiger charge is -2.22. The minimum Gasteiger partial charge on any atom is -0.344 e. The zero-order valence-corrected chi connectivity index (χ0v) is 15.0. The molecule has 1 N–H and O–H groups in total. The third-order valence-corrected chi connectivity index (χ3v) is 4.28. The first-order valence-electron chi connectivity index (χ1n) is 8.84. The van der Waals surface area contributed by atoms with Crippen molar-refractivity contribution in [1.82, 2.24) is 10.2 Å². The number of nitrogens with zero attached hydrogens (tertiary/aromatic N) is 1. The van der Waals surface area contributed by atoms with E-state index in [9.17, 15) is 4.79 Å². The van der Waals surface area contributed by atoms with Gasteiger partial charge in [0.25, 0.3) is 0 Å². The standard InChI is InChI=1S/C23H24N2O/c1-25(17-19-11-5-2-6-12-19)18-22(26)24-23(20-13-7-3-8-14-20)21-15-9-4-10-16-21/h2-16,23H,17-18H2,1H3,(H,24,26). The van der Waals surface area contributed by atoms with Gasteiger partial charge < -0.3 is 5.32 Å². The first-order valence-corrected chi connectivity index (χ1v) is 8.84. The Hall–Kier alpha value is -2.91. The summed E-state index contributed by atoms with van der Waals surface area (Å²) in [6, 6.07) is 30.2. The maximum atomic E-state index is 12.6. The molecule has 0 fully saturated rings. The summed E-state index contributed by atoms with van der Waals surface area (Å²) < 4.78 is 0. The topological polar surface area (TPSA) is 32.3 Å². The predicted molar refractivity (Wildman–Crippen MR) is 106 cm³/mol. The SMILES string of the molecule is CN(CC(=O)NC(c1ccccc1)c1ccccc1)Cc1ccccc1. The predicted octanol–water partition coefficient (Wildman–Crippen LogP) is 4.02. The smallest absolute Gasteiger partial charge is 0.234 e.